The summed E-state index contributed by atoms with van der Waals surface area (Å²) in [5.41, 5.74) is 2.56. The van der Waals surface area contributed by atoms with Gasteiger partial charge >= 0.3 is 0 Å². The number of Topliss-reactive ketones (excluding diaryl/α,β-unsaturated/α-hetero) is 1. The number of morpholine rings is 1. The van der Waals surface area contributed by atoms with Gasteiger partial charge < -0.3 is 14.7 Å². The summed E-state index contributed by atoms with van der Waals surface area (Å²) in [5, 5.41) is 11.7. The van der Waals surface area contributed by atoms with Crippen LogP contribution in [-0.2, 0) is 14.3 Å². The molecule has 6 nitrogen and oxygen atoms in total. The number of hydrogen-bond acceptors (Lipinski definition) is 5. The molecule has 2 aromatic rings. The van der Waals surface area contributed by atoms with Crippen molar-refractivity contribution >= 4 is 29.1 Å². The van der Waals surface area contributed by atoms with E-state index in [0.717, 1.165) is 31.6 Å². The number of likely N-dealkylation sites (tertiary alicyclic amines) is 1. The first-order valence-corrected chi connectivity index (χ1v) is 12.2. The number of carbonyl (C=O) groups excluding carboxylic acids is 2. The molecule has 0 spiro atoms. The van der Waals surface area contributed by atoms with Crippen molar-refractivity contribution in [2.24, 2.45) is 0 Å². The molecule has 180 valence electrons. The third-order valence-corrected chi connectivity index (χ3v) is 6.81. The highest BCUT2D eigenvalue weighted by Crippen LogP contribution is 2.40. The fraction of sp³-hybridized carbons (Fsp3) is 0.407. The maximum atomic E-state index is 13.2. The average molecular weight is 483 g/mol. The molecule has 4 rings (SSSR count). The van der Waals surface area contributed by atoms with Gasteiger partial charge in [0, 0.05) is 36.8 Å². The maximum Gasteiger partial charge on any atom is 0.295 e. The quantitative estimate of drug-likeness (QED) is 0.354. The Morgan fingerprint density at radius 3 is 2.29 bits per heavy atom. The van der Waals surface area contributed by atoms with Crippen molar-refractivity contribution in [3.8, 4) is 0 Å². The van der Waals surface area contributed by atoms with E-state index in [1.54, 1.807) is 29.2 Å². The van der Waals surface area contributed by atoms with Crippen LogP contribution in [0.15, 0.2) is 54.1 Å². The van der Waals surface area contributed by atoms with Gasteiger partial charge in [-0.2, -0.15) is 0 Å². The molecule has 2 heterocycles. The zero-order valence-electron chi connectivity index (χ0n) is 19.7. The van der Waals surface area contributed by atoms with Crippen molar-refractivity contribution in [1.29, 1.82) is 0 Å². The number of ketones is 1. The zero-order chi connectivity index (χ0) is 24.2. The molecule has 1 amide bonds. The minimum absolute atomic E-state index is 0.121. The molecule has 7 heteroatoms. The molecule has 0 aromatic heterocycles. The van der Waals surface area contributed by atoms with E-state index in [-0.39, 0.29) is 11.3 Å². The first-order chi connectivity index (χ1) is 16.4. The van der Waals surface area contributed by atoms with Crippen LogP contribution >= 0.6 is 11.6 Å². The Labute approximate surface area is 205 Å². The van der Waals surface area contributed by atoms with E-state index in [1.165, 1.54) is 5.56 Å². The molecule has 2 aliphatic heterocycles. The number of hydrogen-bond donors (Lipinski definition) is 1. The fourth-order valence-electron chi connectivity index (χ4n) is 4.57. The van der Waals surface area contributed by atoms with Gasteiger partial charge in [-0.1, -0.05) is 49.7 Å². The molecule has 0 radical (unpaired) electrons. The number of benzene rings is 2. The number of rotatable bonds is 7. The fourth-order valence-corrected chi connectivity index (χ4v) is 4.70. The van der Waals surface area contributed by atoms with Crippen molar-refractivity contribution in [2.75, 3.05) is 39.4 Å². The summed E-state index contributed by atoms with van der Waals surface area (Å²) >= 11 is 6.00. The maximum absolute atomic E-state index is 13.2. The number of aliphatic hydroxyl groups excluding tert-OH is 1. The second-order valence-corrected chi connectivity index (χ2v) is 9.56. The van der Waals surface area contributed by atoms with E-state index in [9.17, 15) is 14.7 Å². The second-order valence-electron chi connectivity index (χ2n) is 9.13. The van der Waals surface area contributed by atoms with Crippen LogP contribution in [-0.4, -0.2) is 66.0 Å². The summed E-state index contributed by atoms with van der Waals surface area (Å²) in [6.07, 6.45) is 0.731. The molecular formula is C27H31ClN2O4. The molecule has 0 saturated carbocycles. The van der Waals surface area contributed by atoms with E-state index in [1.807, 2.05) is 24.3 Å². The SMILES string of the molecule is CC(C)c1ccc([C@H]2/C(=C(\O)c3ccc(Cl)cc3)C(=O)C(=O)N2CCCN2CCOCC2)cc1. The normalized spacial score (nSPS) is 20.9. The molecular weight excluding hydrogens is 452 g/mol. The molecule has 0 bridgehead atoms. The van der Waals surface area contributed by atoms with Gasteiger partial charge in [0.2, 0.25) is 0 Å². The van der Waals surface area contributed by atoms with Gasteiger partial charge in [-0.15, -0.1) is 0 Å². The smallest absolute Gasteiger partial charge is 0.295 e. The lowest BCUT2D eigenvalue weighted by molar-refractivity contribution is -0.140. The molecule has 2 fully saturated rings. The molecule has 2 aromatic carbocycles. The van der Waals surface area contributed by atoms with Crippen LogP contribution in [0.5, 0.6) is 0 Å². The largest absolute Gasteiger partial charge is 0.507 e. The predicted molar refractivity (Wildman–Crippen MR) is 133 cm³/mol. The summed E-state index contributed by atoms with van der Waals surface area (Å²) < 4.78 is 5.41. The van der Waals surface area contributed by atoms with Crippen molar-refractivity contribution in [3.63, 3.8) is 0 Å². The Balaban J connectivity index is 1.67. The van der Waals surface area contributed by atoms with Crippen molar-refractivity contribution in [2.45, 2.75) is 32.2 Å². The van der Waals surface area contributed by atoms with E-state index in [0.29, 0.717) is 36.3 Å². The van der Waals surface area contributed by atoms with Crippen LogP contribution in [0.3, 0.4) is 0 Å². The summed E-state index contributed by atoms with van der Waals surface area (Å²) in [6, 6.07) is 13.9. The summed E-state index contributed by atoms with van der Waals surface area (Å²) in [4.78, 5) is 30.2. The molecule has 34 heavy (non-hydrogen) atoms. The average Bonchev–Trinajstić information content (AvgIpc) is 3.10. The molecule has 2 saturated heterocycles. The van der Waals surface area contributed by atoms with Gasteiger partial charge in [-0.25, -0.2) is 0 Å². The lowest BCUT2D eigenvalue weighted by Crippen LogP contribution is -2.38. The van der Waals surface area contributed by atoms with E-state index in [2.05, 4.69) is 18.7 Å². The minimum atomic E-state index is -0.656. The summed E-state index contributed by atoms with van der Waals surface area (Å²) in [7, 11) is 0. The van der Waals surface area contributed by atoms with Crippen LogP contribution in [0.2, 0.25) is 5.02 Å². The Bertz CT molecular complexity index is 1060. The molecule has 0 unspecified atom stereocenters. The highest BCUT2D eigenvalue weighted by atomic mass is 35.5. The van der Waals surface area contributed by atoms with Crippen molar-refractivity contribution < 1.29 is 19.4 Å². The van der Waals surface area contributed by atoms with Crippen molar-refractivity contribution in [3.05, 3.63) is 75.8 Å². The molecule has 1 atom stereocenters. The number of aliphatic hydroxyl groups is 1. The summed E-state index contributed by atoms with van der Waals surface area (Å²) in [5.74, 6) is -1.04. The van der Waals surface area contributed by atoms with Crippen molar-refractivity contribution in [1.82, 2.24) is 9.80 Å². The molecule has 2 aliphatic rings. The van der Waals surface area contributed by atoms with Gasteiger partial charge in [0.1, 0.15) is 5.76 Å². The van der Waals surface area contributed by atoms with Gasteiger partial charge in [0.15, 0.2) is 0 Å². The monoisotopic (exact) mass is 482 g/mol. The third-order valence-electron chi connectivity index (χ3n) is 6.55. The first kappa shape index (κ1) is 24.5. The van der Waals surface area contributed by atoms with Crippen LogP contribution in [0.4, 0.5) is 0 Å². The zero-order valence-corrected chi connectivity index (χ0v) is 20.4. The van der Waals surface area contributed by atoms with Crippen LogP contribution < -0.4 is 0 Å². The lowest BCUT2D eigenvalue weighted by atomic mass is 9.93. The Morgan fingerprint density at radius 2 is 1.68 bits per heavy atom. The van der Waals surface area contributed by atoms with Crippen LogP contribution in [0, 0.1) is 0 Å². The first-order valence-electron chi connectivity index (χ1n) is 11.8. The van der Waals surface area contributed by atoms with Gasteiger partial charge in [0.05, 0.1) is 24.8 Å². The number of amides is 1. The summed E-state index contributed by atoms with van der Waals surface area (Å²) in [6.45, 7) is 8.66. The third kappa shape index (κ3) is 5.19. The van der Waals surface area contributed by atoms with E-state index in [4.69, 9.17) is 16.3 Å². The number of ether oxygens (including phenoxy) is 1. The Kier molecular flexibility index (Phi) is 7.71. The van der Waals surface area contributed by atoms with Crippen LogP contribution in [0.25, 0.3) is 5.76 Å². The second kappa shape index (κ2) is 10.7. The molecule has 0 aliphatic carbocycles. The number of nitrogens with zero attached hydrogens (tertiary/aromatic N) is 2. The minimum Gasteiger partial charge on any atom is -0.507 e. The van der Waals surface area contributed by atoms with Gasteiger partial charge in [-0.3, -0.25) is 14.5 Å². The lowest BCUT2D eigenvalue weighted by Gasteiger charge is -2.29. The van der Waals surface area contributed by atoms with Gasteiger partial charge in [0.25, 0.3) is 11.7 Å². The standard InChI is InChI=1S/C27H31ClN2O4/c1-18(2)19-4-6-20(7-5-19)24-23(25(31)21-8-10-22(28)11-9-21)26(32)27(33)30(24)13-3-12-29-14-16-34-17-15-29/h4-11,18,24,31H,3,12-17H2,1-2H3/b25-23+/t24-/m0/s1. The Hall–Kier alpha value is -2.67. The predicted octanol–water partition coefficient (Wildman–Crippen LogP) is 4.61. The number of carbonyl (C=O) groups is 2. The van der Waals surface area contributed by atoms with E-state index >= 15 is 0 Å². The Morgan fingerprint density at radius 1 is 1.03 bits per heavy atom. The molecule has 1 N–H and O–H groups in total. The number of halogens is 1. The topological polar surface area (TPSA) is 70.1 Å². The van der Waals surface area contributed by atoms with Crippen LogP contribution in [0.1, 0.15) is 48.9 Å². The highest BCUT2D eigenvalue weighted by Gasteiger charge is 2.45. The van der Waals surface area contributed by atoms with E-state index < -0.39 is 17.7 Å². The van der Waals surface area contributed by atoms with Gasteiger partial charge in [-0.05, 0) is 47.7 Å². The highest BCUT2D eigenvalue weighted by molar-refractivity contribution is 6.46.